The molecule has 4 rings (SSSR count). The fourth-order valence-corrected chi connectivity index (χ4v) is 4.04. The summed E-state index contributed by atoms with van der Waals surface area (Å²) in [5.41, 5.74) is 1.91. The van der Waals surface area contributed by atoms with Crippen LogP contribution >= 0.6 is 0 Å². The van der Waals surface area contributed by atoms with E-state index >= 15 is 0 Å². The van der Waals surface area contributed by atoms with Gasteiger partial charge in [-0.1, -0.05) is 12.1 Å². The number of H-pyrrole nitrogens is 1. The molecule has 3 aromatic rings. The summed E-state index contributed by atoms with van der Waals surface area (Å²) in [7, 11) is 4.78. The Bertz CT molecular complexity index is 1200. The fourth-order valence-electron chi connectivity index (χ4n) is 4.04. The maximum absolute atomic E-state index is 13.1. The summed E-state index contributed by atoms with van der Waals surface area (Å²) >= 11 is 0. The second-order valence-electron chi connectivity index (χ2n) is 7.63. The normalized spacial score (nSPS) is 13.5. The first-order valence-electron chi connectivity index (χ1n) is 10.7. The van der Waals surface area contributed by atoms with Crippen LogP contribution in [0.4, 0.5) is 5.69 Å². The zero-order valence-electron chi connectivity index (χ0n) is 19.0. The molecule has 1 aliphatic rings. The lowest BCUT2D eigenvalue weighted by Crippen LogP contribution is -2.49. The monoisotopic (exact) mass is 449 g/mol. The van der Waals surface area contributed by atoms with E-state index in [1.54, 1.807) is 56.6 Å². The minimum atomic E-state index is -0.436. The van der Waals surface area contributed by atoms with Crippen molar-refractivity contribution in [1.82, 2.24) is 9.88 Å². The number of amides is 1. The van der Waals surface area contributed by atoms with E-state index in [0.717, 1.165) is 11.4 Å². The molecule has 0 atom stereocenters. The van der Waals surface area contributed by atoms with E-state index in [2.05, 4.69) is 9.88 Å². The third-order valence-corrected chi connectivity index (χ3v) is 5.83. The van der Waals surface area contributed by atoms with Crippen LogP contribution in [0.25, 0.3) is 11.3 Å². The lowest BCUT2D eigenvalue weighted by molar-refractivity contribution is 0.0745. The Hall–Kier alpha value is -3.94. The smallest absolute Gasteiger partial charge is 0.261 e. The van der Waals surface area contributed by atoms with E-state index in [0.29, 0.717) is 48.9 Å². The van der Waals surface area contributed by atoms with Gasteiger partial charge in [0.2, 0.25) is 0 Å². The number of aromatic amines is 1. The summed E-state index contributed by atoms with van der Waals surface area (Å²) in [5, 5.41) is 0. The average Bonchev–Trinajstić information content (AvgIpc) is 2.87. The Labute approximate surface area is 192 Å². The third kappa shape index (κ3) is 4.50. The van der Waals surface area contributed by atoms with Gasteiger partial charge in [0.25, 0.3) is 11.5 Å². The van der Waals surface area contributed by atoms with Gasteiger partial charge < -0.3 is 29.0 Å². The summed E-state index contributed by atoms with van der Waals surface area (Å²) in [6.45, 7) is 2.34. The highest BCUT2D eigenvalue weighted by Gasteiger charge is 2.25. The molecule has 0 radical (unpaired) electrons. The summed E-state index contributed by atoms with van der Waals surface area (Å²) in [6, 6.07) is 16.4. The molecule has 172 valence electrons. The number of methoxy groups -OCH3 is 3. The Morgan fingerprint density at radius 3 is 2.24 bits per heavy atom. The summed E-state index contributed by atoms with van der Waals surface area (Å²) < 4.78 is 16.1. The van der Waals surface area contributed by atoms with Crippen LogP contribution in [0.1, 0.15) is 10.4 Å². The first-order chi connectivity index (χ1) is 16.0. The SMILES string of the molecule is COc1ccc(OC)c(-c2ccc(C(=O)N3CCN(c4ccccc4OC)CC3)c(=O)[nH]2)c1. The average molecular weight is 450 g/mol. The van der Waals surface area contributed by atoms with Gasteiger partial charge in [-0.15, -0.1) is 0 Å². The van der Waals surface area contributed by atoms with Crippen molar-refractivity contribution in [2.24, 2.45) is 0 Å². The number of benzene rings is 2. The van der Waals surface area contributed by atoms with Gasteiger partial charge in [0.05, 0.1) is 32.7 Å². The molecular formula is C25H27N3O5. The lowest BCUT2D eigenvalue weighted by atomic mass is 10.1. The number of nitrogens with one attached hydrogen (secondary N) is 1. The third-order valence-electron chi connectivity index (χ3n) is 5.83. The van der Waals surface area contributed by atoms with Crippen LogP contribution in [0.2, 0.25) is 0 Å². The molecule has 1 amide bonds. The molecule has 8 nitrogen and oxygen atoms in total. The molecule has 0 unspecified atom stereocenters. The maximum atomic E-state index is 13.1. The van der Waals surface area contributed by atoms with E-state index < -0.39 is 5.56 Å². The van der Waals surface area contributed by atoms with Crippen molar-refractivity contribution in [1.29, 1.82) is 0 Å². The van der Waals surface area contributed by atoms with Crippen LogP contribution in [0.15, 0.2) is 59.4 Å². The van der Waals surface area contributed by atoms with Gasteiger partial charge in [0.15, 0.2) is 0 Å². The van der Waals surface area contributed by atoms with E-state index in [9.17, 15) is 9.59 Å². The highest BCUT2D eigenvalue weighted by atomic mass is 16.5. The molecule has 0 saturated carbocycles. The number of carbonyl (C=O) groups excluding carboxylic acids is 1. The van der Waals surface area contributed by atoms with E-state index in [1.807, 2.05) is 24.3 Å². The van der Waals surface area contributed by atoms with Gasteiger partial charge in [-0.2, -0.15) is 0 Å². The number of piperazine rings is 1. The van der Waals surface area contributed by atoms with Gasteiger partial charge >= 0.3 is 0 Å². The largest absolute Gasteiger partial charge is 0.497 e. The van der Waals surface area contributed by atoms with Crippen LogP contribution in [0.5, 0.6) is 17.2 Å². The van der Waals surface area contributed by atoms with Crippen molar-refractivity contribution >= 4 is 11.6 Å². The Kier molecular flexibility index (Phi) is 6.53. The number of anilines is 1. The maximum Gasteiger partial charge on any atom is 0.261 e. The highest BCUT2D eigenvalue weighted by Crippen LogP contribution is 2.32. The van der Waals surface area contributed by atoms with Crippen molar-refractivity contribution in [3.63, 3.8) is 0 Å². The number of nitrogens with zero attached hydrogens (tertiary/aromatic N) is 2. The second-order valence-corrected chi connectivity index (χ2v) is 7.63. The molecule has 2 heterocycles. The molecule has 2 aromatic carbocycles. The van der Waals surface area contributed by atoms with Crippen molar-refractivity contribution in [2.75, 3.05) is 52.4 Å². The number of aromatic nitrogens is 1. The number of para-hydroxylation sites is 2. The summed E-state index contributed by atoms with van der Waals surface area (Å²) in [5.74, 6) is 1.76. The van der Waals surface area contributed by atoms with Gasteiger partial charge in [-0.05, 0) is 42.5 Å². The zero-order valence-corrected chi connectivity index (χ0v) is 19.0. The lowest BCUT2D eigenvalue weighted by Gasteiger charge is -2.36. The van der Waals surface area contributed by atoms with Crippen molar-refractivity contribution in [3.8, 4) is 28.5 Å². The Morgan fingerprint density at radius 1 is 0.848 bits per heavy atom. The summed E-state index contributed by atoms with van der Waals surface area (Å²) in [6.07, 6.45) is 0. The Balaban J connectivity index is 1.51. The van der Waals surface area contributed by atoms with E-state index in [-0.39, 0.29) is 11.5 Å². The van der Waals surface area contributed by atoms with E-state index in [1.165, 1.54) is 0 Å². The number of rotatable bonds is 6. The molecule has 1 N–H and O–H groups in total. The number of ether oxygens (including phenoxy) is 3. The second kappa shape index (κ2) is 9.68. The number of pyridine rings is 1. The van der Waals surface area contributed by atoms with Crippen LogP contribution in [-0.4, -0.2) is 63.3 Å². The van der Waals surface area contributed by atoms with Crippen molar-refractivity contribution < 1.29 is 19.0 Å². The number of carbonyl (C=O) groups is 1. The highest BCUT2D eigenvalue weighted by molar-refractivity contribution is 5.94. The minimum absolute atomic E-state index is 0.117. The quantitative estimate of drug-likeness (QED) is 0.623. The molecule has 0 bridgehead atoms. The molecule has 1 aromatic heterocycles. The summed E-state index contributed by atoms with van der Waals surface area (Å²) in [4.78, 5) is 32.6. The van der Waals surface area contributed by atoms with Gasteiger partial charge in [-0.25, -0.2) is 0 Å². The molecular weight excluding hydrogens is 422 g/mol. The van der Waals surface area contributed by atoms with Crippen LogP contribution < -0.4 is 24.7 Å². The molecule has 8 heteroatoms. The predicted octanol–water partition coefficient (Wildman–Crippen LogP) is 3.03. The zero-order chi connectivity index (χ0) is 23.4. The van der Waals surface area contributed by atoms with Crippen molar-refractivity contribution in [2.45, 2.75) is 0 Å². The topological polar surface area (TPSA) is 84.1 Å². The Morgan fingerprint density at radius 2 is 1.58 bits per heavy atom. The first-order valence-corrected chi connectivity index (χ1v) is 10.7. The molecule has 1 fully saturated rings. The van der Waals surface area contributed by atoms with Crippen LogP contribution in [-0.2, 0) is 0 Å². The molecule has 1 aliphatic heterocycles. The molecule has 0 spiro atoms. The van der Waals surface area contributed by atoms with Gasteiger partial charge in [0.1, 0.15) is 22.8 Å². The fraction of sp³-hybridized carbons (Fsp3) is 0.280. The number of hydrogen-bond acceptors (Lipinski definition) is 6. The number of hydrogen-bond donors (Lipinski definition) is 1. The first kappa shape index (κ1) is 22.3. The van der Waals surface area contributed by atoms with Crippen LogP contribution in [0, 0.1) is 0 Å². The molecule has 33 heavy (non-hydrogen) atoms. The van der Waals surface area contributed by atoms with Crippen LogP contribution in [0.3, 0.4) is 0 Å². The standard InChI is InChI=1S/C25H27N3O5/c1-31-17-8-11-22(32-2)19(16-17)20-10-9-18(24(29)26-20)25(30)28-14-12-27(13-15-28)21-6-4-5-7-23(21)33-3/h4-11,16H,12-15H2,1-3H3,(H,26,29). The minimum Gasteiger partial charge on any atom is -0.497 e. The molecule has 1 saturated heterocycles. The van der Waals surface area contributed by atoms with Crippen molar-refractivity contribution in [3.05, 3.63) is 70.5 Å². The van der Waals surface area contributed by atoms with Gasteiger partial charge in [0, 0.05) is 31.7 Å². The van der Waals surface area contributed by atoms with E-state index in [4.69, 9.17) is 14.2 Å². The van der Waals surface area contributed by atoms with Gasteiger partial charge in [-0.3, -0.25) is 9.59 Å². The predicted molar refractivity (Wildman–Crippen MR) is 127 cm³/mol. The molecule has 0 aliphatic carbocycles.